The Morgan fingerprint density at radius 1 is 0.846 bits per heavy atom. The molecule has 0 amide bonds. The average Bonchev–Trinajstić information content (AvgIpc) is 3.27. The lowest BCUT2D eigenvalue weighted by Gasteiger charge is -2.25. The summed E-state index contributed by atoms with van der Waals surface area (Å²) in [6, 6.07) is 25.3. The molecule has 2 heterocycles. The second-order valence-electron chi connectivity index (χ2n) is 10.0. The molecule has 0 unspecified atom stereocenters. The first-order valence-electron chi connectivity index (χ1n) is 14.1. The summed E-state index contributed by atoms with van der Waals surface area (Å²) in [5.41, 5.74) is 5.92. The Morgan fingerprint density at radius 2 is 1.62 bits per heavy atom. The Labute approximate surface area is 232 Å². The van der Waals surface area contributed by atoms with Gasteiger partial charge in [0.1, 0.15) is 24.8 Å². The number of hydrogen-bond acceptors (Lipinski definition) is 5. The van der Waals surface area contributed by atoms with Crippen LogP contribution >= 0.6 is 0 Å². The lowest BCUT2D eigenvalue weighted by atomic mass is 10.1. The zero-order valence-corrected chi connectivity index (χ0v) is 23.4. The van der Waals surface area contributed by atoms with Crippen LogP contribution in [0.1, 0.15) is 49.2 Å². The van der Waals surface area contributed by atoms with Gasteiger partial charge in [0.05, 0.1) is 18.0 Å². The number of imidazole rings is 1. The minimum absolute atomic E-state index is 0.586. The van der Waals surface area contributed by atoms with Crippen LogP contribution in [0.15, 0.2) is 72.8 Å². The summed E-state index contributed by atoms with van der Waals surface area (Å²) < 4.78 is 19.9. The SMILES string of the molecule is CCCCn1c(-c2ccccc2)nc(C)c1CN(Cc1cccc(OCC)c1)Cc1ccc2c(c1)OCCO2. The molecular weight excluding hydrogens is 486 g/mol. The topological polar surface area (TPSA) is 48.8 Å². The van der Waals surface area contributed by atoms with Crippen LogP contribution in [-0.2, 0) is 26.2 Å². The fourth-order valence-electron chi connectivity index (χ4n) is 5.15. The maximum Gasteiger partial charge on any atom is 0.161 e. The van der Waals surface area contributed by atoms with Crippen molar-refractivity contribution in [2.75, 3.05) is 19.8 Å². The standard InChI is InChI=1S/C33H39N3O3/c1-4-6-17-36-30(25(3)34-33(36)28-12-8-7-9-13-28)24-35(22-26-11-10-14-29(20-26)37-5-2)23-27-15-16-31-32(21-27)39-19-18-38-31/h7-16,20-21H,4-6,17-19,22-24H2,1-3H3. The Kier molecular flexibility index (Phi) is 8.84. The average molecular weight is 526 g/mol. The highest BCUT2D eigenvalue weighted by Crippen LogP contribution is 2.32. The fourth-order valence-corrected chi connectivity index (χ4v) is 5.15. The van der Waals surface area contributed by atoms with Gasteiger partial charge in [0.15, 0.2) is 11.5 Å². The molecule has 5 rings (SSSR count). The predicted octanol–water partition coefficient (Wildman–Crippen LogP) is 7.03. The molecule has 0 atom stereocenters. The van der Waals surface area contributed by atoms with Crippen LogP contribution < -0.4 is 14.2 Å². The van der Waals surface area contributed by atoms with Crippen LogP contribution in [0.4, 0.5) is 0 Å². The second kappa shape index (κ2) is 12.9. The molecule has 6 nitrogen and oxygen atoms in total. The number of fused-ring (bicyclic) bond motifs is 1. The quantitative estimate of drug-likeness (QED) is 0.199. The van der Waals surface area contributed by atoms with Crippen molar-refractivity contribution in [2.24, 2.45) is 0 Å². The third-order valence-electron chi connectivity index (χ3n) is 7.04. The normalized spacial score (nSPS) is 12.6. The molecular formula is C33H39N3O3. The monoisotopic (exact) mass is 525 g/mol. The summed E-state index contributed by atoms with van der Waals surface area (Å²) in [6.07, 6.45) is 2.25. The van der Waals surface area contributed by atoms with Crippen molar-refractivity contribution >= 4 is 0 Å². The Bertz CT molecular complexity index is 1370. The number of ether oxygens (including phenoxy) is 3. The number of aromatic nitrogens is 2. The van der Waals surface area contributed by atoms with Crippen LogP contribution in [0.2, 0.25) is 0 Å². The van der Waals surface area contributed by atoms with Gasteiger partial charge in [-0.25, -0.2) is 4.98 Å². The largest absolute Gasteiger partial charge is 0.494 e. The Hall–Kier alpha value is -3.77. The van der Waals surface area contributed by atoms with Crippen LogP contribution in [0.3, 0.4) is 0 Å². The minimum Gasteiger partial charge on any atom is -0.494 e. The van der Waals surface area contributed by atoms with Crippen molar-refractivity contribution < 1.29 is 14.2 Å². The number of rotatable bonds is 12. The van der Waals surface area contributed by atoms with E-state index in [2.05, 4.69) is 84.0 Å². The van der Waals surface area contributed by atoms with E-state index in [1.165, 1.54) is 16.8 Å². The van der Waals surface area contributed by atoms with E-state index in [4.69, 9.17) is 19.2 Å². The number of nitrogens with zero attached hydrogens (tertiary/aromatic N) is 3. The van der Waals surface area contributed by atoms with Crippen LogP contribution in [0.5, 0.6) is 17.2 Å². The van der Waals surface area contributed by atoms with Gasteiger partial charge >= 0.3 is 0 Å². The molecule has 0 radical (unpaired) electrons. The highest BCUT2D eigenvalue weighted by atomic mass is 16.6. The smallest absolute Gasteiger partial charge is 0.161 e. The molecule has 6 heteroatoms. The summed E-state index contributed by atoms with van der Waals surface area (Å²) in [7, 11) is 0. The number of hydrogen-bond donors (Lipinski definition) is 0. The second-order valence-corrected chi connectivity index (χ2v) is 10.0. The highest BCUT2D eigenvalue weighted by molar-refractivity contribution is 5.57. The van der Waals surface area contributed by atoms with Gasteiger partial charge < -0.3 is 18.8 Å². The fraction of sp³-hybridized carbons (Fsp3) is 0.364. The number of unbranched alkanes of at least 4 members (excludes halogenated alkanes) is 1. The maximum atomic E-state index is 5.89. The van der Waals surface area contributed by atoms with E-state index in [-0.39, 0.29) is 0 Å². The summed E-state index contributed by atoms with van der Waals surface area (Å²) >= 11 is 0. The van der Waals surface area contributed by atoms with Gasteiger partial charge in [0.25, 0.3) is 0 Å². The van der Waals surface area contributed by atoms with Gasteiger partial charge in [-0.15, -0.1) is 0 Å². The number of benzene rings is 3. The van der Waals surface area contributed by atoms with E-state index in [0.717, 1.165) is 73.4 Å². The Morgan fingerprint density at radius 3 is 2.38 bits per heavy atom. The first kappa shape index (κ1) is 26.8. The summed E-state index contributed by atoms with van der Waals surface area (Å²) in [5, 5.41) is 0. The van der Waals surface area contributed by atoms with Crippen LogP contribution in [-0.4, -0.2) is 34.3 Å². The van der Waals surface area contributed by atoms with Gasteiger partial charge in [0.2, 0.25) is 0 Å². The Balaban J connectivity index is 1.48. The molecule has 1 aliphatic heterocycles. The first-order valence-corrected chi connectivity index (χ1v) is 14.1. The molecule has 1 aromatic heterocycles. The van der Waals surface area contributed by atoms with Crippen molar-refractivity contribution in [3.63, 3.8) is 0 Å². The molecule has 3 aromatic carbocycles. The third kappa shape index (κ3) is 6.63. The maximum absolute atomic E-state index is 5.89. The molecule has 0 aliphatic carbocycles. The van der Waals surface area contributed by atoms with Crippen LogP contribution in [0.25, 0.3) is 11.4 Å². The molecule has 204 valence electrons. The van der Waals surface area contributed by atoms with Gasteiger partial charge in [-0.3, -0.25) is 4.90 Å². The molecule has 0 bridgehead atoms. The summed E-state index contributed by atoms with van der Waals surface area (Å²) in [5.74, 6) is 3.61. The molecule has 0 saturated heterocycles. The van der Waals surface area contributed by atoms with Gasteiger partial charge in [0, 0.05) is 31.7 Å². The number of aryl methyl sites for hydroxylation is 1. The molecule has 0 fully saturated rings. The molecule has 0 spiro atoms. The van der Waals surface area contributed by atoms with Gasteiger partial charge in [-0.2, -0.15) is 0 Å². The van der Waals surface area contributed by atoms with Crippen LogP contribution in [0, 0.1) is 6.92 Å². The van der Waals surface area contributed by atoms with E-state index in [0.29, 0.717) is 19.8 Å². The minimum atomic E-state index is 0.586. The zero-order valence-electron chi connectivity index (χ0n) is 23.4. The van der Waals surface area contributed by atoms with Crippen molar-refractivity contribution in [3.05, 3.63) is 95.3 Å². The lowest BCUT2D eigenvalue weighted by molar-refractivity contribution is 0.170. The van der Waals surface area contributed by atoms with Crippen molar-refractivity contribution in [3.8, 4) is 28.6 Å². The van der Waals surface area contributed by atoms with Crippen molar-refractivity contribution in [1.82, 2.24) is 14.5 Å². The van der Waals surface area contributed by atoms with E-state index in [1.54, 1.807) is 0 Å². The van der Waals surface area contributed by atoms with E-state index in [9.17, 15) is 0 Å². The van der Waals surface area contributed by atoms with Gasteiger partial charge in [-0.1, -0.05) is 61.9 Å². The highest BCUT2D eigenvalue weighted by Gasteiger charge is 2.20. The zero-order chi connectivity index (χ0) is 27.0. The lowest BCUT2D eigenvalue weighted by Crippen LogP contribution is -2.25. The summed E-state index contributed by atoms with van der Waals surface area (Å²) in [6.45, 7) is 11.5. The molecule has 1 aliphatic rings. The predicted molar refractivity (Wildman–Crippen MR) is 155 cm³/mol. The first-order chi connectivity index (χ1) is 19.1. The molecule has 4 aromatic rings. The van der Waals surface area contributed by atoms with E-state index >= 15 is 0 Å². The molecule has 0 saturated carbocycles. The molecule has 39 heavy (non-hydrogen) atoms. The van der Waals surface area contributed by atoms with E-state index < -0.39 is 0 Å². The third-order valence-corrected chi connectivity index (χ3v) is 7.04. The van der Waals surface area contributed by atoms with E-state index in [1.807, 2.05) is 19.1 Å². The summed E-state index contributed by atoms with van der Waals surface area (Å²) in [4.78, 5) is 7.56. The molecule has 0 N–H and O–H groups in total. The van der Waals surface area contributed by atoms with Crippen molar-refractivity contribution in [1.29, 1.82) is 0 Å². The van der Waals surface area contributed by atoms with Crippen molar-refractivity contribution in [2.45, 2.75) is 59.8 Å². The van der Waals surface area contributed by atoms with Gasteiger partial charge in [-0.05, 0) is 55.7 Å².